The zero-order valence-corrected chi connectivity index (χ0v) is 12.9. The Morgan fingerprint density at radius 3 is 2.91 bits per heavy atom. The Morgan fingerprint density at radius 1 is 1.39 bits per heavy atom. The second-order valence-corrected chi connectivity index (χ2v) is 5.71. The molecule has 23 heavy (non-hydrogen) atoms. The minimum atomic E-state index is -2.62. The molecule has 1 fully saturated rings. The van der Waals surface area contributed by atoms with Crippen molar-refractivity contribution in [1.82, 2.24) is 10.3 Å². The van der Waals surface area contributed by atoms with Crippen LogP contribution in [0.4, 0.5) is 8.78 Å². The summed E-state index contributed by atoms with van der Waals surface area (Å²) in [5.74, 6) is -0.407. The molecule has 2 atom stereocenters. The van der Waals surface area contributed by atoms with Gasteiger partial charge in [-0.1, -0.05) is 19.3 Å². The molecule has 0 aromatic carbocycles. The van der Waals surface area contributed by atoms with Crippen molar-refractivity contribution in [2.45, 2.75) is 44.6 Å². The number of amides is 1. The van der Waals surface area contributed by atoms with Gasteiger partial charge in [0.2, 0.25) is 0 Å². The van der Waals surface area contributed by atoms with Crippen LogP contribution in [-0.2, 0) is 0 Å². The number of halogens is 2. The Balaban J connectivity index is 2.07. The smallest absolute Gasteiger partial charge is 0.273 e. The van der Waals surface area contributed by atoms with Crippen molar-refractivity contribution < 1.29 is 23.4 Å². The van der Waals surface area contributed by atoms with Gasteiger partial charge in [0, 0.05) is 24.8 Å². The van der Waals surface area contributed by atoms with Gasteiger partial charge in [0.05, 0.1) is 0 Å². The molecular formula is C16H22F2N2O3. The van der Waals surface area contributed by atoms with Crippen LogP contribution in [0.5, 0.6) is 5.75 Å². The predicted octanol–water partition coefficient (Wildman–Crippen LogP) is 2.40. The van der Waals surface area contributed by atoms with Crippen LogP contribution in [0.3, 0.4) is 0 Å². The number of carbonyl (C=O) groups is 1. The lowest BCUT2D eigenvalue weighted by molar-refractivity contribution is 0.0780. The van der Waals surface area contributed by atoms with E-state index >= 15 is 0 Å². The summed E-state index contributed by atoms with van der Waals surface area (Å²) in [7, 11) is 0. The minimum absolute atomic E-state index is 0.00548. The molecule has 0 saturated heterocycles. The van der Waals surface area contributed by atoms with E-state index in [1.807, 2.05) is 0 Å². The summed E-state index contributed by atoms with van der Waals surface area (Å²) in [6.07, 6.45) is 3.54. The van der Waals surface area contributed by atoms with Gasteiger partial charge in [0.15, 0.2) is 11.4 Å². The maximum absolute atomic E-state index is 12.4. The van der Waals surface area contributed by atoms with E-state index in [1.165, 1.54) is 18.3 Å². The van der Waals surface area contributed by atoms with Crippen LogP contribution in [0.25, 0.3) is 0 Å². The monoisotopic (exact) mass is 328 g/mol. The van der Waals surface area contributed by atoms with Crippen LogP contribution < -0.4 is 10.1 Å². The van der Waals surface area contributed by atoms with Crippen molar-refractivity contribution in [3.63, 3.8) is 0 Å². The van der Waals surface area contributed by atoms with E-state index in [0.717, 1.165) is 32.1 Å². The third-order valence-electron chi connectivity index (χ3n) is 4.06. The highest BCUT2D eigenvalue weighted by molar-refractivity contribution is 5.95. The number of aliphatic hydroxyl groups is 1. The summed E-state index contributed by atoms with van der Waals surface area (Å²) in [4.78, 5) is 16.4. The molecule has 0 spiro atoms. The Morgan fingerprint density at radius 2 is 2.17 bits per heavy atom. The van der Waals surface area contributed by atoms with Crippen molar-refractivity contribution >= 4 is 5.91 Å². The quantitative estimate of drug-likeness (QED) is 0.787. The molecule has 2 N–H and O–H groups in total. The summed E-state index contributed by atoms with van der Waals surface area (Å²) < 4.78 is 29.6. The second-order valence-electron chi connectivity index (χ2n) is 5.71. The van der Waals surface area contributed by atoms with Gasteiger partial charge in [0.1, 0.15) is 6.61 Å². The number of hydrogen-bond acceptors (Lipinski definition) is 4. The Kier molecular flexibility index (Phi) is 6.70. The first-order valence-corrected chi connectivity index (χ1v) is 7.89. The van der Waals surface area contributed by atoms with E-state index in [2.05, 4.69) is 10.3 Å². The summed E-state index contributed by atoms with van der Waals surface area (Å²) in [5, 5.41) is 12.4. The molecule has 1 heterocycles. The molecule has 0 radical (unpaired) electrons. The number of rotatable bonds is 6. The molecule has 1 aliphatic rings. The summed E-state index contributed by atoms with van der Waals surface area (Å²) in [6, 6.07) is 2.83. The molecule has 0 bridgehead atoms. The Labute approximate surface area is 134 Å². The molecule has 2 rings (SSSR count). The summed E-state index contributed by atoms with van der Waals surface area (Å²) in [6.45, 7) is -0.767. The molecule has 1 aromatic rings. The predicted molar refractivity (Wildman–Crippen MR) is 80.7 cm³/mol. The molecule has 0 aliphatic heterocycles. The maximum Gasteiger partial charge on any atom is 0.273 e. The lowest BCUT2D eigenvalue weighted by Gasteiger charge is -2.24. The van der Waals surface area contributed by atoms with E-state index in [-0.39, 0.29) is 30.0 Å². The highest BCUT2D eigenvalue weighted by Crippen LogP contribution is 2.24. The van der Waals surface area contributed by atoms with Gasteiger partial charge in [-0.15, -0.1) is 0 Å². The van der Waals surface area contributed by atoms with E-state index in [9.17, 15) is 18.7 Å². The number of nitrogens with zero attached hydrogens (tertiary/aromatic N) is 1. The van der Waals surface area contributed by atoms with Crippen molar-refractivity contribution in [1.29, 1.82) is 0 Å². The van der Waals surface area contributed by atoms with Crippen LogP contribution in [0, 0.1) is 5.92 Å². The van der Waals surface area contributed by atoms with Crippen LogP contribution >= 0.6 is 0 Å². The molecule has 128 valence electrons. The van der Waals surface area contributed by atoms with Gasteiger partial charge < -0.3 is 15.2 Å². The van der Waals surface area contributed by atoms with Crippen molar-refractivity contribution in [2.24, 2.45) is 5.92 Å². The van der Waals surface area contributed by atoms with E-state index in [0.29, 0.717) is 0 Å². The summed E-state index contributed by atoms with van der Waals surface area (Å²) in [5.41, 5.74) is -0.00548. The van der Waals surface area contributed by atoms with Crippen LogP contribution in [0.1, 0.15) is 42.6 Å². The number of nitrogens with one attached hydrogen (secondary N) is 1. The Bertz CT molecular complexity index is 514. The number of aromatic nitrogens is 1. The number of aliphatic hydroxyl groups excluding tert-OH is 1. The molecular weight excluding hydrogens is 306 g/mol. The first-order valence-electron chi connectivity index (χ1n) is 7.89. The van der Waals surface area contributed by atoms with Gasteiger partial charge in [-0.05, 0) is 25.0 Å². The van der Waals surface area contributed by atoms with Gasteiger partial charge in [-0.2, -0.15) is 0 Å². The molecule has 1 amide bonds. The van der Waals surface area contributed by atoms with E-state index < -0.39 is 18.9 Å². The standard InChI is InChI=1S/C16H22F2N2O3/c17-14(18)10-23-13-7-4-8-19-15(13)16(22)20-12-6-3-1-2-5-11(12)9-21/h4,7-8,11-12,14,21H,1-3,5-6,9-10H2,(H,20,22). The van der Waals surface area contributed by atoms with Gasteiger partial charge >= 0.3 is 0 Å². The molecule has 2 unspecified atom stereocenters. The van der Waals surface area contributed by atoms with E-state index in [1.54, 1.807) is 0 Å². The highest BCUT2D eigenvalue weighted by Gasteiger charge is 2.26. The first-order chi connectivity index (χ1) is 11.1. The van der Waals surface area contributed by atoms with Crippen LogP contribution in [0.2, 0.25) is 0 Å². The molecule has 1 saturated carbocycles. The minimum Gasteiger partial charge on any atom is -0.485 e. The van der Waals surface area contributed by atoms with Gasteiger partial charge in [0.25, 0.3) is 12.3 Å². The first kappa shape index (κ1) is 17.6. The largest absolute Gasteiger partial charge is 0.485 e. The zero-order valence-electron chi connectivity index (χ0n) is 12.9. The number of carbonyl (C=O) groups excluding carboxylic acids is 1. The lowest BCUT2D eigenvalue weighted by Crippen LogP contribution is -2.41. The second kappa shape index (κ2) is 8.76. The number of ether oxygens (including phenoxy) is 1. The third-order valence-corrected chi connectivity index (χ3v) is 4.06. The lowest BCUT2D eigenvalue weighted by atomic mass is 9.95. The zero-order chi connectivity index (χ0) is 16.7. The Hall–Kier alpha value is -1.76. The maximum atomic E-state index is 12.4. The molecule has 7 heteroatoms. The normalized spacial score (nSPS) is 21.7. The topological polar surface area (TPSA) is 71.5 Å². The number of alkyl halides is 2. The number of pyridine rings is 1. The van der Waals surface area contributed by atoms with Crippen molar-refractivity contribution in [2.75, 3.05) is 13.2 Å². The summed E-state index contributed by atoms with van der Waals surface area (Å²) >= 11 is 0. The average molecular weight is 328 g/mol. The SMILES string of the molecule is O=C(NC1CCCCCC1CO)c1ncccc1OCC(F)F. The van der Waals surface area contributed by atoms with E-state index in [4.69, 9.17) is 4.74 Å². The fraction of sp³-hybridized carbons (Fsp3) is 0.625. The van der Waals surface area contributed by atoms with Crippen LogP contribution in [-0.4, -0.2) is 41.7 Å². The van der Waals surface area contributed by atoms with Crippen LogP contribution in [0.15, 0.2) is 18.3 Å². The van der Waals surface area contributed by atoms with Crippen molar-refractivity contribution in [3.05, 3.63) is 24.0 Å². The third kappa shape index (κ3) is 5.13. The number of hydrogen-bond donors (Lipinski definition) is 2. The molecule has 1 aromatic heterocycles. The highest BCUT2D eigenvalue weighted by atomic mass is 19.3. The fourth-order valence-corrected chi connectivity index (χ4v) is 2.86. The molecule has 1 aliphatic carbocycles. The molecule has 5 nitrogen and oxygen atoms in total. The van der Waals surface area contributed by atoms with Crippen molar-refractivity contribution in [3.8, 4) is 5.75 Å². The van der Waals surface area contributed by atoms with Gasteiger partial charge in [-0.25, -0.2) is 13.8 Å². The van der Waals surface area contributed by atoms with Gasteiger partial charge in [-0.3, -0.25) is 4.79 Å². The average Bonchev–Trinajstić information content (AvgIpc) is 2.78. The fourth-order valence-electron chi connectivity index (χ4n) is 2.86.